The van der Waals surface area contributed by atoms with Crippen molar-refractivity contribution in [3.63, 3.8) is 0 Å². The Bertz CT molecular complexity index is 436. The molecule has 1 aliphatic rings. The predicted octanol–water partition coefficient (Wildman–Crippen LogP) is 6.22. The molecule has 1 fully saturated rings. The largest absolute Gasteiger partial charge is 0.0843 e. The highest BCUT2D eigenvalue weighted by Crippen LogP contribution is 2.34. The SMILES string of the molecule is CC(C)C1CCC(=Cc2ccc(Cl)cc2Cl)CC1. The van der Waals surface area contributed by atoms with Gasteiger partial charge in [0.25, 0.3) is 0 Å². The van der Waals surface area contributed by atoms with Crippen LogP contribution >= 0.6 is 23.2 Å². The Labute approximate surface area is 120 Å². The molecule has 2 heteroatoms. The number of hydrogen-bond acceptors (Lipinski definition) is 0. The summed E-state index contributed by atoms with van der Waals surface area (Å²) in [4.78, 5) is 0. The molecule has 0 nitrogen and oxygen atoms in total. The van der Waals surface area contributed by atoms with Crippen LogP contribution in [0.25, 0.3) is 6.08 Å². The molecule has 0 heterocycles. The van der Waals surface area contributed by atoms with Gasteiger partial charge in [-0.2, -0.15) is 0 Å². The second-order valence-corrected chi connectivity index (χ2v) is 6.39. The van der Waals surface area contributed by atoms with E-state index in [0.29, 0.717) is 5.02 Å². The number of rotatable bonds is 2. The van der Waals surface area contributed by atoms with Gasteiger partial charge in [0, 0.05) is 10.0 Å². The molecule has 0 spiro atoms. The molecule has 18 heavy (non-hydrogen) atoms. The average molecular weight is 283 g/mol. The van der Waals surface area contributed by atoms with E-state index < -0.39 is 0 Å². The van der Waals surface area contributed by atoms with Crippen LogP contribution in [0, 0.1) is 11.8 Å². The summed E-state index contributed by atoms with van der Waals surface area (Å²) in [5.41, 5.74) is 2.62. The molecule has 0 unspecified atom stereocenters. The smallest absolute Gasteiger partial charge is 0.0493 e. The summed E-state index contributed by atoms with van der Waals surface area (Å²) in [6.45, 7) is 4.66. The van der Waals surface area contributed by atoms with Crippen molar-refractivity contribution in [1.29, 1.82) is 0 Å². The van der Waals surface area contributed by atoms with Gasteiger partial charge in [-0.3, -0.25) is 0 Å². The number of halogens is 2. The van der Waals surface area contributed by atoms with Crippen LogP contribution in [0.2, 0.25) is 10.0 Å². The summed E-state index contributed by atoms with van der Waals surface area (Å²) in [5, 5.41) is 1.45. The maximum absolute atomic E-state index is 6.20. The predicted molar refractivity (Wildman–Crippen MR) is 81.2 cm³/mol. The molecule has 98 valence electrons. The van der Waals surface area contributed by atoms with Crippen molar-refractivity contribution in [2.75, 3.05) is 0 Å². The van der Waals surface area contributed by atoms with E-state index in [9.17, 15) is 0 Å². The first-order valence-electron chi connectivity index (χ1n) is 6.70. The molecule has 0 radical (unpaired) electrons. The Morgan fingerprint density at radius 1 is 1.17 bits per heavy atom. The lowest BCUT2D eigenvalue weighted by Crippen LogP contribution is -2.13. The lowest BCUT2D eigenvalue weighted by Gasteiger charge is -2.27. The zero-order valence-electron chi connectivity index (χ0n) is 11.0. The molecular weight excluding hydrogens is 263 g/mol. The van der Waals surface area contributed by atoms with E-state index in [0.717, 1.165) is 22.4 Å². The van der Waals surface area contributed by atoms with Crippen molar-refractivity contribution in [3.05, 3.63) is 39.4 Å². The van der Waals surface area contributed by atoms with Crippen LogP contribution < -0.4 is 0 Å². The van der Waals surface area contributed by atoms with Crippen LogP contribution in [0.5, 0.6) is 0 Å². The Hall–Kier alpha value is -0.460. The van der Waals surface area contributed by atoms with Crippen molar-refractivity contribution < 1.29 is 0 Å². The summed E-state index contributed by atoms with van der Waals surface area (Å²) < 4.78 is 0. The molecule has 1 saturated carbocycles. The van der Waals surface area contributed by atoms with E-state index >= 15 is 0 Å². The first-order valence-corrected chi connectivity index (χ1v) is 7.46. The molecule has 0 N–H and O–H groups in total. The Morgan fingerprint density at radius 2 is 1.83 bits per heavy atom. The first kappa shape index (κ1) is 14.0. The second kappa shape index (κ2) is 6.12. The minimum Gasteiger partial charge on any atom is -0.0843 e. The molecule has 1 aromatic carbocycles. The molecule has 0 amide bonds. The monoisotopic (exact) mass is 282 g/mol. The third-order valence-corrected chi connectivity index (χ3v) is 4.50. The molecular formula is C16H20Cl2. The van der Waals surface area contributed by atoms with Crippen LogP contribution in [0.15, 0.2) is 23.8 Å². The van der Waals surface area contributed by atoms with Crippen molar-refractivity contribution in [2.24, 2.45) is 11.8 Å². The molecule has 0 bridgehead atoms. The maximum Gasteiger partial charge on any atom is 0.0493 e. The molecule has 0 saturated heterocycles. The summed E-state index contributed by atoms with van der Waals surface area (Å²) in [7, 11) is 0. The normalized spacial score (nSPS) is 20.3. The van der Waals surface area contributed by atoms with Crippen LogP contribution in [-0.2, 0) is 0 Å². The summed E-state index contributed by atoms with van der Waals surface area (Å²) in [6, 6.07) is 5.72. The van der Waals surface area contributed by atoms with Crippen molar-refractivity contribution >= 4 is 29.3 Å². The number of benzene rings is 1. The lowest BCUT2D eigenvalue weighted by atomic mass is 9.79. The number of allylic oxidation sites excluding steroid dienone is 1. The molecule has 0 atom stereocenters. The van der Waals surface area contributed by atoms with Gasteiger partial charge in [0.2, 0.25) is 0 Å². The van der Waals surface area contributed by atoms with Gasteiger partial charge in [0.1, 0.15) is 0 Å². The summed E-state index contributed by atoms with van der Waals surface area (Å²) in [6.07, 6.45) is 7.29. The second-order valence-electron chi connectivity index (χ2n) is 5.55. The van der Waals surface area contributed by atoms with Gasteiger partial charge in [-0.15, -0.1) is 0 Å². The third-order valence-electron chi connectivity index (χ3n) is 3.94. The standard InChI is InChI=1S/C16H20Cl2/c1-11(2)13-5-3-12(4-6-13)9-14-7-8-15(17)10-16(14)18/h7-11,13H,3-6H2,1-2H3. The first-order chi connectivity index (χ1) is 8.56. The Kier molecular flexibility index (Phi) is 4.75. The highest BCUT2D eigenvalue weighted by molar-refractivity contribution is 6.35. The molecule has 1 aliphatic carbocycles. The molecule has 0 aromatic heterocycles. The van der Waals surface area contributed by atoms with Crippen molar-refractivity contribution in [2.45, 2.75) is 39.5 Å². The lowest BCUT2D eigenvalue weighted by molar-refractivity contribution is 0.312. The highest BCUT2D eigenvalue weighted by atomic mass is 35.5. The maximum atomic E-state index is 6.20. The zero-order chi connectivity index (χ0) is 13.1. The van der Waals surface area contributed by atoms with Gasteiger partial charge in [-0.05, 0) is 55.2 Å². The van der Waals surface area contributed by atoms with Crippen molar-refractivity contribution in [3.8, 4) is 0 Å². The van der Waals surface area contributed by atoms with E-state index in [1.54, 1.807) is 0 Å². The van der Waals surface area contributed by atoms with E-state index in [-0.39, 0.29) is 0 Å². The highest BCUT2D eigenvalue weighted by Gasteiger charge is 2.19. The summed E-state index contributed by atoms with van der Waals surface area (Å²) in [5.74, 6) is 1.70. The van der Waals surface area contributed by atoms with E-state index in [4.69, 9.17) is 23.2 Å². The van der Waals surface area contributed by atoms with Gasteiger partial charge in [-0.25, -0.2) is 0 Å². The fourth-order valence-corrected chi connectivity index (χ4v) is 3.12. The van der Waals surface area contributed by atoms with Gasteiger partial charge in [0.15, 0.2) is 0 Å². The molecule has 2 rings (SSSR count). The fraction of sp³-hybridized carbons (Fsp3) is 0.500. The van der Waals surface area contributed by atoms with Crippen molar-refractivity contribution in [1.82, 2.24) is 0 Å². The third kappa shape index (κ3) is 3.52. The van der Waals surface area contributed by atoms with Crippen LogP contribution in [0.4, 0.5) is 0 Å². The van der Waals surface area contributed by atoms with E-state index in [1.165, 1.54) is 31.3 Å². The average Bonchev–Trinajstić information content (AvgIpc) is 2.33. The quantitative estimate of drug-likeness (QED) is 0.604. The Morgan fingerprint density at radius 3 is 2.39 bits per heavy atom. The van der Waals surface area contributed by atoms with Crippen LogP contribution in [-0.4, -0.2) is 0 Å². The van der Waals surface area contributed by atoms with Gasteiger partial charge in [0.05, 0.1) is 0 Å². The van der Waals surface area contributed by atoms with E-state index in [2.05, 4.69) is 19.9 Å². The zero-order valence-corrected chi connectivity index (χ0v) is 12.6. The van der Waals surface area contributed by atoms with E-state index in [1.807, 2.05) is 18.2 Å². The van der Waals surface area contributed by atoms with Gasteiger partial charge in [-0.1, -0.05) is 54.8 Å². The minimum absolute atomic E-state index is 0.700. The van der Waals surface area contributed by atoms with Crippen LogP contribution in [0.3, 0.4) is 0 Å². The number of hydrogen-bond donors (Lipinski definition) is 0. The summed E-state index contributed by atoms with van der Waals surface area (Å²) >= 11 is 12.1. The minimum atomic E-state index is 0.700. The fourth-order valence-electron chi connectivity index (χ4n) is 2.66. The van der Waals surface area contributed by atoms with Gasteiger partial charge < -0.3 is 0 Å². The topological polar surface area (TPSA) is 0 Å². The van der Waals surface area contributed by atoms with Crippen LogP contribution in [0.1, 0.15) is 45.1 Å². The Balaban J connectivity index is 2.06. The van der Waals surface area contributed by atoms with Gasteiger partial charge >= 0.3 is 0 Å². The molecule has 1 aromatic rings. The molecule has 0 aliphatic heterocycles.